The molecule has 0 unspecified atom stereocenters. The highest BCUT2D eigenvalue weighted by Crippen LogP contribution is 2.13. The summed E-state index contributed by atoms with van der Waals surface area (Å²) in [4.78, 5) is 14.9. The minimum absolute atomic E-state index is 0.645. The minimum atomic E-state index is 0.645. The van der Waals surface area contributed by atoms with Crippen LogP contribution in [0.3, 0.4) is 0 Å². The van der Waals surface area contributed by atoms with E-state index in [-0.39, 0.29) is 0 Å². The van der Waals surface area contributed by atoms with E-state index < -0.39 is 0 Å². The Balaban J connectivity index is 1.88. The summed E-state index contributed by atoms with van der Waals surface area (Å²) in [5.74, 6) is 1.58. The Hall–Kier alpha value is -1.95. The van der Waals surface area contributed by atoms with Crippen molar-refractivity contribution in [2.75, 3.05) is 31.2 Å². The van der Waals surface area contributed by atoms with Gasteiger partial charge in [-0.1, -0.05) is 0 Å². The Kier molecular flexibility index (Phi) is 2.71. The van der Waals surface area contributed by atoms with Crippen LogP contribution in [0.25, 0.3) is 5.95 Å². The molecule has 2 aromatic rings. The van der Waals surface area contributed by atoms with Crippen LogP contribution in [-0.2, 0) is 4.74 Å². The van der Waals surface area contributed by atoms with Crippen LogP contribution in [0, 0.1) is 0 Å². The van der Waals surface area contributed by atoms with Gasteiger partial charge in [0.2, 0.25) is 5.95 Å². The average molecular weight is 231 g/mol. The standard InChI is InChI=1S/C11H13N5O/c1-2-13-11(16-4-3-12-9-16)14-10(1)15-5-7-17-8-6-15/h1-4,9H,5-8H2. The van der Waals surface area contributed by atoms with E-state index in [2.05, 4.69) is 19.9 Å². The molecule has 1 aliphatic rings. The predicted molar refractivity (Wildman–Crippen MR) is 62.2 cm³/mol. The number of ether oxygens (including phenoxy) is 1. The maximum atomic E-state index is 5.32. The number of nitrogens with zero attached hydrogens (tertiary/aromatic N) is 5. The van der Waals surface area contributed by atoms with Crippen molar-refractivity contribution in [2.45, 2.75) is 0 Å². The molecule has 1 aliphatic heterocycles. The van der Waals surface area contributed by atoms with Crippen LogP contribution in [0.5, 0.6) is 0 Å². The summed E-state index contributed by atoms with van der Waals surface area (Å²) in [7, 11) is 0. The zero-order valence-electron chi connectivity index (χ0n) is 9.36. The number of aromatic nitrogens is 4. The molecule has 1 fully saturated rings. The Bertz CT molecular complexity index is 478. The molecule has 88 valence electrons. The Morgan fingerprint density at radius 3 is 2.82 bits per heavy atom. The molecule has 0 spiro atoms. The SMILES string of the molecule is c1cn(-c2nccc(N3CCOCC3)n2)cn1. The van der Waals surface area contributed by atoms with Crippen LogP contribution in [0.2, 0.25) is 0 Å². The van der Waals surface area contributed by atoms with Crippen molar-refractivity contribution in [3.05, 3.63) is 31.0 Å². The minimum Gasteiger partial charge on any atom is -0.378 e. The monoisotopic (exact) mass is 231 g/mol. The molecule has 6 nitrogen and oxygen atoms in total. The van der Waals surface area contributed by atoms with Crippen molar-refractivity contribution in [3.63, 3.8) is 0 Å². The molecular formula is C11H13N5O. The van der Waals surface area contributed by atoms with Gasteiger partial charge in [0.15, 0.2) is 0 Å². The lowest BCUT2D eigenvalue weighted by atomic mass is 10.4. The number of imidazole rings is 1. The quantitative estimate of drug-likeness (QED) is 0.753. The van der Waals surface area contributed by atoms with Crippen LogP contribution in [-0.4, -0.2) is 45.8 Å². The molecule has 3 rings (SSSR count). The molecule has 0 N–H and O–H groups in total. The van der Waals surface area contributed by atoms with Gasteiger partial charge in [-0.3, -0.25) is 4.57 Å². The van der Waals surface area contributed by atoms with Gasteiger partial charge in [0, 0.05) is 31.7 Å². The smallest absolute Gasteiger partial charge is 0.236 e. The van der Waals surface area contributed by atoms with Crippen LogP contribution in [0.15, 0.2) is 31.0 Å². The van der Waals surface area contributed by atoms with Crippen molar-refractivity contribution in [1.29, 1.82) is 0 Å². The molecule has 0 atom stereocenters. The van der Waals surface area contributed by atoms with Gasteiger partial charge in [-0.15, -0.1) is 0 Å². The van der Waals surface area contributed by atoms with Crippen LogP contribution in [0.4, 0.5) is 5.82 Å². The van der Waals surface area contributed by atoms with Gasteiger partial charge in [-0.05, 0) is 6.07 Å². The van der Waals surface area contributed by atoms with Crippen molar-refractivity contribution >= 4 is 5.82 Å². The van der Waals surface area contributed by atoms with Crippen LogP contribution >= 0.6 is 0 Å². The molecule has 2 aromatic heterocycles. The van der Waals surface area contributed by atoms with E-state index in [1.807, 2.05) is 12.3 Å². The fraction of sp³-hybridized carbons (Fsp3) is 0.364. The van der Waals surface area contributed by atoms with Crippen molar-refractivity contribution < 1.29 is 4.74 Å². The Labute approximate surface area is 98.9 Å². The summed E-state index contributed by atoms with van der Waals surface area (Å²) < 4.78 is 7.12. The fourth-order valence-electron chi connectivity index (χ4n) is 1.81. The molecule has 3 heterocycles. The molecule has 0 aliphatic carbocycles. The highest BCUT2D eigenvalue weighted by Gasteiger charge is 2.13. The van der Waals surface area contributed by atoms with Gasteiger partial charge in [0.05, 0.1) is 13.2 Å². The third kappa shape index (κ3) is 2.12. The van der Waals surface area contributed by atoms with Crippen LogP contribution in [0.1, 0.15) is 0 Å². The third-order valence-electron chi connectivity index (χ3n) is 2.70. The first-order valence-corrected chi connectivity index (χ1v) is 5.57. The highest BCUT2D eigenvalue weighted by atomic mass is 16.5. The second-order valence-electron chi connectivity index (χ2n) is 3.78. The van der Waals surface area contributed by atoms with E-state index in [4.69, 9.17) is 4.74 Å². The summed E-state index contributed by atoms with van der Waals surface area (Å²) in [5, 5.41) is 0. The number of hydrogen-bond acceptors (Lipinski definition) is 5. The lowest BCUT2D eigenvalue weighted by molar-refractivity contribution is 0.122. The van der Waals surface area contributed by atoms with Crippen molar-refractivity contribution in [2.24, 2.45) is 0 Å². The van der Waals surface area contributed by atoms with E-state index in [1.54, 1.807) is 23.3 Å². The number of morpholine rings is 1. The lowest BCUT2D eigenvalue weighted by Gasteiger charge is -2.27. The van der Waals surface area contributed by atoms with Gasteiger partial charge in [-0.25, -0.2) is 9.97 Å². The predicted octanol–water partition coefficient (Wildman–Crippen LogP) is 0.499. The number of anilines is 1. The summed E-state index contributed by atoms with van der Waals surface area (Å²) in [6, 6.07) is 1.92. The highest BCUT2D eigenvalue weighted by molar-refractivity contribution is 5.39. The van der Waals surface area contributed by atoms with Crippen molar-refractivity contribution in [3.8, 4) is 5.95 Å². The van der Waals surface area contributed by atoms with Gasteiger partial charge in [-0.2, -0.15) is 4.98 Å². The summed E-state index contributed by atoms with van der Waals surface area (Å²) in [6.07, 6.45) is 7.01. The largest absolute Gasteiger partial charge is 0.378 e. The molecule has 17 heavy (non-hydrogen) atoms. The second-order valence-corrected chi connectivity index (χ2v) is 3.78. The first kappa shape index (κ1) is 10.2. The molecule has 0 aromatic carbocycles. The lowest BCUT2D eigenvalue weighted by Crippen LogP contribution is -2.36. The maximum Gasteiger partial charge on any atom is 0.236 e. The Morgan fingerprint density at radius 2 is 2.06 bits per heavy atom. The van der Waals surface area contributed by atoms with E-state index in [1.165, 1.54) is 0 Å². The van der Waals surface area contributed by atoms with E-state index in [9.17, 15) is 0 Å². The van der Waals surface area contributed by atoms with E-state index >= 15 is 0 Å². The molecule has 0 radical (unpaired) electrons. The van der Waals surface area contributed by atoms with E-state index in [0.717, 1.165) is 32.1 Å². The number of rotatable bonds is 2. The maximum absolute atomic E-state index is 5.32. The van der Waals surface area contributed by atoms with Crippen molar-refractivity contribution in [1.82, 2.24) is 19.5 Å². The second kappa shape index (κ2) is 4.50. The Morgan fingerprint density at radius 1 is 1.18 bits per heavy atom. The fourth-order valence-corrected chi connectivity index (χ4v) is 1.81. The average Bonchev–Trinajstić information content (AvgIpc) is 2.94. The summed E-state index contributed by atoms with van der Waals surface area (Å²) >= 11 is 0. The molecular weight excluding hydrogens is 218 g/mol. The van der Waals surface area contributed by atoms with E-state index in [0.29, 0.717) is 5.95 Å². The first-order chi connectivity index (χ1) is 8.43. The molecule has 0 amide bonds. The molecule has 0 saturated carbocycles. The van der Waals surface area contributed by atoms with Crippen LogP contribution < -0.4 is 4.90 Å². The zero-order chi connectivity index (χ0) is 11.5. The van der Waals surface area contributed by atoms with Gasteiger partial charge >= 0.3 is 0 Å². The normalized spacial score (nSPS) is 16.1. The topological polar surface area (TPSA) is 56.1 Å². The van der Waals surface area contributed by atoms with Gasteiger partial charge in [0.1, 0.15) is 12.1 Å². The third-order valence-corrected chi connectivity index (χ3v) is 2.70. The summed E-state index contributed by atoms with van der Waals surface area (Å²) in [6.45, 7) is 3.26. The summed E-state index contributed by atoms with van der Waals surface area (Å²) in [5.41, 5.74) is 0. The molecule has 1 saturated heterocycles. The zero-order valence-corrected chi connectivity index (χ0v) is 9.36. The van der Waals surface area contributed by atoms with Gasteiger partial charge < -0.3 is 9.64 Å². The molecule has 6 heteroatoms. The van der Waals surface area contributed by atoms with Gasteiger partial charge in [0.25, 0.3) is 0 Å². The number of hydrogen-bond donors (Lipinski definition) is 0. The molecule has 0 bridgehead atoms. The first-order valence-electron chi connectivity index (χ1n) is 5.57.